The molecule has 0 heterocycles. The zero-order chi connectivity index (χ0) is 13.4. The maximum atomic E-state index is 11.0. The first-order valence-electron chi connectivity index (χ1n) is 5.86. The predicted octanol–water partition coefficient (Wildman–Crippen LogP) is 4.10. The van der Waals surface area contributed by atoms with Gasteiger partial charge in [-0.3, -0.25) is 4.79 Å². The first kappa shape index (κ1) is 14.5. The van der Waals surface area contributed by atoms with E-state index in [1.54, 1.807) is 0 Å². The minimum Gasteiger partial charge on any atom is -0.293 e. The standard InChI is InChI=1S/C9H10OS.C7H8/c1-7-2-4-8(5-3-7)9(10)6-11;1-7-5-3-2-4-6-7/h2-5,11H,6H2,1H3;2-6H,1H3. The van der Waals surface area contributed by atoms with Crippen LogP contribution in [0.2, 0.25) is 0 Å². The average Bonchev–Trinajstić information content (AvgIpc) is 2.40. The Morgan fingerprint density at radius 3 is 1.78 bits per heavy atom. The van der Waals surface area contributed by atoms with Crippen LogP contribution in [0.1, 0.15) is 21.5 Å². The van der Waals surface area contributed by atoms with Crippen LogP contribution < -0.4 is 0 Å². The third-order valence-corrected chi connectivity index (χ3v) is 2.74. The van der Waals surface area contributed by atoms with Gasteiger partial charge >= 0.3 is 0 Å². The summed E-state index contributed by atoms with van der Waals surface area (Å²) >= 11 is 3.90. The third-order valence-electron chi connectivity index (χ3n) is 2.46. The Hall–Kier alpha value is -1.54. The molecule has 2 aromatic rings. The molecule has 0 amide bonds. The molecule has 0 N–H and O–H groups in total. The molecule has 0 bridgehead atoms. The Labute approximate surface area is 114 Å². The second kappa shape index (κ2) is 7.72. The van der Waals surface area contributed by atoms with Gasteiger partial charge in [-0.1, -0.05) is 65.7 Å². The summed E-state index contributed by atoms with van der Waals surface area (Å²) in [6.45, 7) is 4.08. The van der Waals surface area contributed by atoms with E-state index < -0.39 is 0 Å². The van der Waals surface area contributed by atoms with Gasteiger partial charge in [0.2, 0.25) is 0 Å². The molecule has 94 valence electrons. The highest BCUT2D eigenvalue weighted by molar-refractivity contribution is 7.81. The lowest BCUT2D eigenvalue weighted by Gasteiger charge is -1.96. The van der Waals surface area contributed by atoms with Crippen molar-refractivity contribution in [3.63, 3.8) is 0 Å². The maximum Gasteiger partial charge on any atom is 0.172 e. The van der Waals surface area contributed by atoms with Crippen molar-refractivity contribution < 1.29 is 4.79 Å². The molecule has 0 aromatic heterocycles. The number of Topliss-reactive ketones (excluding diaryl/α,β-unsaturated/α-hetero) is 1. The van der Waals surface area contributed by atoms with Crippen molar-refractivity contribution in [2.24, 2.45) is 0 Å². The van der Waals surface area contributed by atoms with E-state index in [1.165, 1.54) is 11.1 Å². The van der Waals surface area contributed by atoms with Crippen LogP contribution in [0.3, 0.4) is 0 Å². The van der Waals surface area contributed by atoms with Gasteiger partial charge in [0, 0.05) is 5.56 Å². The molecule has 1 nitrogen and oxygen atoms in total. The number of hydrogen-bond donors (Lipinski definition) is 1. The molecule has 0 unspecified atom stereocenters. The van der Waals surface area contributed by atoms with Crippen LogP contribution in [-0.4, -0.2) is 11.5 Å². The fourth-order valence-corrected chi connectivity index (χ4v) is 1.55. The normalized spacial score (nSPS) is 9.28. The van der Waals surface area contributed by atoms with E-state index in [0.717, 1.165) is 5.56 Å². The van der Waals surface area contributed by atoms with Gasteiger partial charge in [0.15, 0.2) is 5.78 Å². The highest BCUT2D eigenvalue weighted by Gasteiger charge is 2.00. The van der Waals surface area contributed by atoms with Crippen LogP contribution in [0, 0.1) is 13.8 Å². The molecular weight excluding hydrogens is 240 g/mol. The summed E-state index contributed by atoms with van der Waals surface area (Å²) in [6, 6.07) is 17.8. The fourth-order valence-electron chi connectivity index (χ4n) is 1.37. The van der Waals surface area contributed by atoms with Crippen LogP contribution in [0.4, 0.5) is 0 Å². The van der Waals surface area contributed by atoms with Gasteiger partial charge in [-0.05, 0) is 13.8 Å². The Morgan fingerprint density at radius 1 is 0.889 bits per heavy atom. The van der Waals surface area contributed by atoms with Crippen LogP contribution >= 0.6 is 12.6 Å². The van der Waals surface area contributed by atoms with Gasteiger partial charge in [0.25, 0.3) is 0 Å². The second-order valence-corrected chi connectivity index (χ2v) is 4.42. The third kappa shape index (κ3) is 5.19. The van der Waals surface area contributed by atoms with E-state index in [4.69, 9.17) is 0 Å². The Bertz CT molecular complexity index is 474. The first-order chi connectivity index (χ1) is 8.63. The maximum absolute atomic E-state index is 11.0. The lowest BCUT2D eigenvalue weighted by Crippen LogP contribution is -1.99. The lowest BCUT2D eigenvalue weighted by molar-refractivity contribution is 0.102. The van der Waals surface area contributed by atoms with Crippen molar-refractivity contribution in [2.45, 2.75) is 13.8 Å². The van der Waals surface area contributed by atoms with Crippen molar-refractivity contribution in [1.82, 2.24) is 0 Å². The Morgan fingerprint density at radius 2 is 1.39 bits per heavy atom. The van der Waals surface area contributed by atoms with Crippen LogP contribution in [0.25, 0.3) is 0 Å². The SMILES string of the molecule is Cc1ccc(C(=O)CS)cc1.Cc1ccccc1. The molecule has 0 spiro atoms. The topological polar surface area (TPSA) is 17.1 Å². The van der Waals surface area contributed by atoms with Crippen molar-refractivity contribution in [1.29, 1.82) is 0 Å². The van der Waals surface area contributed by atoms with Crippen molar-refractivity contribution in [2.75, 3.05) is 5.75 Å². The number of aryl methyl sites for hydroxylation is 2. The van der Waals surface area contributed by atoms with E-state index in [-0.39, 0.29) is 11.5 Å². The smallest absolute Gasteiger partial charge is 0.172 e. The van der Waals surface area contributed by atoms with Crippen molar-refractivity contribution in [3.8, 4) is 0 Å². The first-order valence-corrected chi connectivity index (χ1v) is 6.49. The summed E-state index contributed by atoms with van der Waals surface area (Å²) < 4.78 is 0. The van der Waals surface area contributed by atoms with E-state index in [2.05, 4.69) is 31.7 Å². The number of carbonyl (C=O) groups excluding carboxylic acids is 1. The molecule has 0 atom stereocenters. The monoisotopic (exact) mass is 258 g/mol. The van der Waals surface area contributed by atoms with Gasteiger partial charge in [-0.15, -0.1) is 0 Å². The molecule has 0 fully saturated rings. The zero-order valence-electron chi connectivity index (χ0n) is 10.8. The lowest BCUT2D eigenvalue weighted by atomic mass is 10.1. The number of ketones is 1. The average molecular weight is 258 g/mol. The predicted molar refractivity (Wildman–Crippen MR) is 80.5 cm³/mol. The highest BCUT2D eigenvalue weighted by atomic mass is 32.1. The Kier molecular flexibility index (Phi) is 6.23. The highest BCUT2D eigenvalue weighted by Crippen LogP contribution is 2.04. The van der Waals surface area contributed by atoms with Crippen LogP contribution in [-0.2, 0) is 0 Å². The number of rotatable bonds is 2. The summed E-state index contributed by atoms with van der Waals surface area (Å²) in [4.78, 5) is 11.0. The van der Waals surface area contributed by atoms with Crippen molar-refractivity contribution in [3.05, 3.63) is 71.3 Å². The molecular formula is C16H18OS. The number of thiol groups is 1. The Balaban J connectivity index is 0.000000199. The minimum absolute atomic E-state index is 0.0772. The largest absolute Gasteiger partial charge is 0.293 e. The van der Waals surface area contributed by atoms with Crippen molar-refractivity contribution >= 4 is 18.4 Å². The minimum atomic E-state index is 0.0772. The molecule has 0 aliphatic carbocycles. The molecule has 0 saturated carbocycles. The second-order valence-electron chi connectivity index (χ2n) is 4.10. The van der Waals surface area contributed by atoms with E-state index in [0.29, 0.717) is 0 Å². The number of benzene rings is 2. The van der Waals surface area contributed by atoms with Gasteiger partial charge in [-0.25, -0.2) is 0 Å². The molecule has 2 rings (SSSR count). The van der Waals surface area contributed by atoms with E-state index >= 15 is 0 Å². The fraction of sp³-hybridized carbons (Fsp3) is 0.188. The summed E-state index contributed by atoms with van der Waals surface area (Å²) in [5, 5.41) is 0. The summed E-state index contributed by atoms with van der Waals surface area (Å²) in [7, 11) is 0. The number of carbonyl (C=O) groups is 1. The quantitative estimate of drug-likeness (QED) is 0.634. The summed E-state index contributed by atoms with van der Waals surface area (Å²) in [5.41, 5.74) is 3.23. The molecule has 0 aliphatic rings. The van der Waals surface area contributed by atoms with Crippen LogP contribution in [0.15, 0.2) is 54.6 Å². The van der Waals surface area contributed by atoms with Crippen LogP contribution in [0.5, 0.6) is 0 Å². The molecule has 0 radical (unpaired) electrons. The summed E-state index contributed by atoms with van der Waals surface area (Å²) in [5.74, 6) is 0.358. The molecule has 0 aliphatic heterocycles. The molecule has 18 heavy (non-hydrogen) atoms. The van der Waals surface area contributed by atoms with E-state index in [1.807, 2.05) is 49.4 Å². The summed E-state index contributed by atoms with van der Waals surface area (Å²) in [6.07, 6.45) is 0. The molecule has 2 heteroatoms. The molecule has 0 saturated heterocycles. The van der Waals surface area contributed by atoms with E-state index in [9.17, 15) is 4.79 Å². The van der Waals surface area contributed by atoms with Gasteiger partial charge in [-0.2, -0.15) is 12.6 Å². The molecule has 2 aromatic carbocycles. The van der Waals surface area contributed by atoms with Gasteiger partial charge in [0.05, 0.1) is 5.75 Å². The van der Waals surface area contributed by atoms with Gasteiger partial charge in [0.1, 0.15) is 0 Å². The van der Waals surface area contributed by atoms with Gasteiger partial charge < -0.3 is 0 Å². The number of hydrogen-bond acceptors (Lipinski definition) is 2. The zero-order valence-corrected chi connectivity index (χ0v) is 11.7.